The number of rotatable bonds is 11. The predicted octanol–water partition coefficient (Wildman–Crippen LogP) is 6.10. The largest absolute Gasteiger partial charge is 0.397 e. The molecule has 1 saturated heterocycles. The van der Waals surface area contributed by atoms with E-state index in [0.29, 0.717) is 36.4 Å². The molecular formula is C36H37N5O5. The Morgan fingerprint density at radius 3 is 2.30 bits per heavy atom. The fourth-order valence-corrected chi connectivity index (χ4v) is 5.59. The van der Waals surface area contributed by atoms with Crippen LogP contribution in [0.1, 0.15) is 54.8 Å². The number of hydrogen-bond acceptors (Lipinski definition) is 7. The number of para-hydroxylation sites is 4. The molecule has 236 valence electrons. The Bertz CT molecular complexity index is 1790. The standard InChI is InChI=1S/C36H37N5O5/c37-29-6-1-2-7-30(29)40-35(44)11-5-10-34(43)39-27-18-16-26(17-19-27)36-45-28(21-41-23-38-31-8-3-4-9-32(31)41)20-33(46-36)25-14-12-24(22-42)13-15-25/h1-4,6-9,12-19,23,28,33,36,42H,5,10-11,20-22,37H2,(H,39,43)(H,40,44). The Kier molecular flexibility index (Phi) is 9.68. The van der Waals surface area contributed by atoms with Gasteiger partial charge in [0.25, 0.3) is 0 Å². The van der Waals surface area contributed by atoms with Crippen molar-refractivity contribution in [2.45, 2.75) is 57.3 Å². The number of nitrogens with one attached hydrogen (secondary N) is 2. The molecule has 2 heterocycles. The molecule has 5 N–H and O–H groups in total. The van der Waals surface area contributed by atoms with Crippen molar-refractivity contribution in [3.8, 4) is 0 Å². The van der Waals surface area contributed by atoms with E-state index in [2.05, 4.69) is 20.2 Å². The van der Waals surface area contributed by atoms with E-state index < -0.39 is 6.29 Å². The summed E-state index contributed by atoms with van der Waals surface area (Å²) in [7, 11) is 0. The van der Waals surface area contributed by atoms with Crippen LogP contribution in [0.5, 0.6) is 0 Å². The van der Waals surface area contributed by atoms with Crippen LogP contribution in [0, 0.1) is 0 Å². The molecule has 2 amide bonds. The van der Waals surface area contributed by atoms with E-state index in [1.54, 1.807) is 24.3 Å². The lowest BCUT2D eigenvalue weighted by Crippen LogP contribution is -2.32. The second-order valence-electron chi connectivity index (χ2n) is 11.4. The Morgan fingerprint density at radius 2 is 1.54 bits per heavy atom. The van der Waals surface area contributed by atoms with Gasteiger partial charge >= 0.3 is 0 Å². The number of anilines is 3. The molecule has 0 saturated carbocycles. The molecular weight excluding hydrogens is 582 g/mol. The van der Waals surface area contributed by atoms with Gasteiger partial charge in [-0.1, -0.05) is 60.7 Å². The third-order valence-corrected chi connectivity index (χ3v) is 8.05. The van der Waals surface area contributed by atoms with E-state index in [0.717, 1.165) is 27.7 Å². The number of aromatic nitrogens is 2. The van der Waals surface area contributed by atoms with Crippen molar-refractivity contribution in [1.29, 1.82) is 0 Å². The summed E-state index contributed by atoms with van der Waals surface area (Å²) in [5, 5.41) is 15.2. The van der Waals surface area contributed by atoms with Crippen LogP contribution in [-0.2, 0) is 32.2 Å². The second-order valence-corrected chi connectivity index (χ2v) is 11.4. The molecule has 0 bridgehead atoms. The molecule has 1 aliphatic heterocycles. The summed E-state index contributed by atoms with van der Waals surface area (Å²) in [6, 6.07) is 30.3. The van der Waals surface area contributed by atoms with Crippen LogP contribution in [0.4, 0.5) is 17.1 Å². The van der Waals surface area contributed by atoms with Gasteiger partial charge in [0.15, 0.2) is 6.29 Å². The van der Waals surface area contributed by atoms with Crippen molar-refractivity contribution in [3.05, 3.63) is 120 Å². The Hall–Kier alpha value is -5.03. The number of amides is 2. The van der Waals surface area contributed by atoms with Gasteiger partial charge in [0.2, 0.25) is 11.8 Å². The van der Waals surface area contributed by atoms with Crippen LogP contribution in [0.3, 0.4) is 0 Å². The number of carbonyl (C=O) groups is 2. The highest BCUT2D eigenvalue weighted by Crippen LogP contribution is 2.39. The van der Waals surface area contributed by atoms with Crippen LogP contribution < -0.4 is 16.4 Å². The average molecular weight is 620 g/mol. The summed E-state index contributed by atoms with van der Waals surface area (Å²) in [4.78, 5) is 29.4. The maximum atomic E-state index is 12.6. The van der Waals surface area contributed by atoms with Gasteiger partial charge in [-0.3, -0.25) is 9.59 Å². The van der Waals surface area contributed by atoms with Gasteiger partial charge in [-0.15, -0.1) is 0 Å². The van der Waals surface area contributed by atoms with Crippen LogP contribution in [0.15, 0.2) is 103 Å². The van der Waals surface area contributed by atoms with Gasteiger partial charge in [0.1, 0.15) is 0 Å². The lowest BCUT2D eigenvalue weighted by Gasteiger charge is -2.36. The van der Waals surface area contributed by atoms with Crippen LogP contribution in [0.2, 0.25) is 0 Å². The SMILES string of the molecule is Nc1ccccc1NC(=O)CCCC(=O)Nc1ccc(C2OC(Cn3cnc4ccccc43)CC(c3ccc(CO)cc3)O2)cc1. The highest BCUT2D eigenvalue weighted by Gasteiger charge is 2.32. The van der Waals surface area contributed by atoms with Gasteiger partial charge in [0.05, 0.1) is 54.1 Å². The average Bonchev–Trinajstić information content (AvgIpc) is 3.48. The summed E-state index contributed by atoms with van der Waals surface area (Å²) in [6.07, 6.45) is 2.29. The zero-order chi connectivity index (χ0) is 31.9. The number of hydrogen-bond donors (Lipinski definition) is 4. The molecule has 10 nitrogen and oxygen atoms in total. The molecule has 0 spiro atoms. The summed E-state index contributed by atoms with van der Waals surface area (Å²) >= 11 is 0. The molecule has 3 unspecified atom stereocenters. The molecule has 6 rings (SSSR count). The molecule has 5 aromatic rings. The first kappa shape index (κ1) is 31.0. The minimum Gasteiger partial charge on any atom is -0.397 e. The smallest absolute Gasteiger partial charge is 0.224 e. The summed E-state index contributed by atoms with van der Waals surface area (Å²) in [6.45, 7) is 0.590. The minimum absolute atomic E-state index is 0.0180. The number of nitrogens with zero attached hydrogens (tertiary/aromatic N) is 2. The van der Waals surface area contributed by atoms with Gasteiger partial charge in [-0.2, -0.15) is 0 Å². The van der Waals surface area contributed by atoms with Gasteiger partial charge in [-0.25, -0.2) is 4.98 Å². The van der Waals surface area contributed by atoms with Gasteiger partial charge < -0.3 is 35.5 Å². The van der Waals surface area contributed by atoms with Crippen molar-refractivity contribution in [2.24, 2.45) is 0 Å². The van der Waals surface area contributed by atoms with Crippen LogP contribution in [0.25, 0.3) is 11.0 Å². The summed E-state index contributed by atoms with van der Waals surface area (Å²) in [5.41, 5.74) is 12.2. The molecule has 10 heteroatoms. The lowest BCUT2D eigenvalue weighted by atomic mass is 10.00. The molecule has 0 aliphatic carbocycles. The Balaban J connectivity index is 1.08. The first-order chi connectivity index (χ1) is 22.4. The number of imidazole rings is 1. The topological polar surface area (TPSA) is 141 Å². The second kappa shape index (κ2) is 14.4. The molecule has 1 aliphatic rings. The van der Waals surface area contributed by atoms with Gasteiger partial charge in [-0.05, 0) is 53.9 Å². The first-order valence-electron chi connectivity index (χ1n) is 15.4. The number of carbonyl (C=O) groups excluding carboxylic acids is 2. The van der Waals surface area contributed by atoms with Crippen molar-refractivity contribution >= 4 is 39.9 Å². The minimum atomic E-state index is -0.627. The zero-order valence-corrected chi connectivity index (χ0v) is 25.3. The highest BCUT2D eigenvalue weighted by atomic mass is 16.7. The molecule has 0 radical (unpaired) electrons. The van der Waals surface area contributed by atoms with E-state index in [1.165, 1.54) is 0 Å². The molecule has 1 fully saturated rings. The maximum Gasteiger partial charge on any atom is 0.224 e. The van der Waals surface area contributed by atoms with E-state index >= 15 is 0 Å². The fourth-order valence-electron chi connectivity index (χ4n) is 5.59. The van der Waals surface area contributed by atoms with Crippen LogP contribution in [-0.4, -0.2) is 32.6 Å². The number of benzene rings is 4. The van der Waals surface area contributed by atoms with Crippen molar-refractivity contribution in [2.75, 3.05) is 16.4 Å². The predicted molar refractivity (Wildman–Crippen MR) is 177 cm³/mol. The van der Waals surface area contributed by atoms with E-state index in [9.17, 15) is 14.7 Å². The maximum absolute atomic E-state index is 12.6. The number of aliphatic hydroxyl groups excluding tert-OH is 1. The van der Waals surface area contributed by atoms with Gasteiger partial charge in [0, 0.05) is 30.5 Å². The first-order valence-corrected chi connectivity index (χ1v) is 15.4. The van der Waals surface area contributed by atoms with E-state index in [-0.39, 0.29) is 43.5 Å². The number of nitrogen functional groups attached to an aromatic ring is 1. The number of nitrogens with two attached hydrogens (primary N) is 1. The molecule has 46 heavy (non-hydrogen) atoms. The normalized spacial score (nSPS) is 17.9. The zero-order valence-electron chi connectivity index (χ0n) is 25.3. The Morgan fingerprint density at radius 1 is 0.848 bits per heavy atom. The van der Waals surface area contributed by atoms with Crippen molar-refractivity contribution in [1.82, 2.24) is 9.55 Å². The highest BCUT2D eigenvalue weighted by molar-refractivity contribution is 5.94. The molecule has 4 aromatic carbocycles. The Labute approximate surface area is 267 Å². The molecule has 1 aromatic heterocycles. The lowest BCUT2D eigenvalue weighted by molar-refractivity contribution is -0.252. The monoisotopic (exact) mass is 619 g/mol. The van der Waals surface area contributed by atoms with E-state index in [4.69, 9.17) is 15.2 Å². The fraction of sp³-hybridized carbons (Fsp3) is 0.250. The van der Waals surface area contributed by atoms with E-state index in [1.807, 2.05) is 79.1 Å². The number of aliphatic hydroxyl groups is 1. The summed E-state index contributed by atoms with van der Waals surface area (Å²) < 4.78 is 15.1. The number of ether oxygens (including phenoxy) is 2. The van der Waals surface area contributed by atoms with Crippen molar-refractivity contribution < 1.29 is 24.2 Å². The summed E-state index contributed by atoms with van der Waals surface area (Å²) in [5.74, 6) is -0.367. The quantitative estimate of drug-likeness (QED) is 0.131. The number of fused-ring (bicyclic) bond motifs is 1. The van der Waals surface area contributed by atoms with Crippen LogP contribution >= 0.6 is 0 Å². The third kappa shape index (κ3) is 7.60. The third-order valence-electron chi connectivity index (χ3n) is 8.05. The van der Waals surface area contributed by atoms with Crippen molar-refractivity contribution in [3.63, 3.8) is 0 Å². The molecule has 3 atom stereocenters.